The zero-order valence-corrected chi connectivity index (χ0v) is 16.1. The molecule has 29 heavy (non-hydrogen) atoms. The van der Waals surface area contributed by atoms with Gasteiger partial charge in [0.1, 0.15) is 11.9 Å². The second-order valence-corrected chi connectivity index (χ2v) is 6.93. The van der Waals surface area contributed by atoms with Crippen molar-refractivity contribution >= 4 is 22.6 Å². The fourth-order valence-corrected chi connectivity index (χ4v) is 3.42. The normalized spacial score (nSPS) is 16.3. The van der Waals surface area contributed by atoms with Crippen molar-refractivity contribution in [1.82, 2.24) is 4.98 Å². The van der Waals surface area contributed by atoms with Gasteiger partial charge in [-0.05, 0) is 42.1 Å². The molecule has 1 saturated heterocycles. The third kappa shape index (κ3) is 3.69. The van der Waals surface area contributed by atoms with E-state index in [-0.39, 0.29) is 18.7 Å². The quantitative estimate of drug-likeness (QED) is 0.669. The second-order valence-electron chi connectivity index (χ2n) is 6.93. The predicted octanol–water partition coefficient (Wildman–Crippen LogP) is 3.30. The maximum absolute atomic E-state index is 12.8. The molecule has 2 heterocycles. The predicted molar refractivity (Wildman–Crippen MR) is 110 cm³/mol. The number of anilines is 1. The number of aliphatic hydroxyl groups is 1. The summed E-state index contributed by atoms with van der Waals surface area (Å²) in [6, 6.07) is 14.7. The van der Waals surface area contributed by atoms with E-state index in [9.17, 15) is 14.7 Å². The Morgan fingerprint density at radius 2 is 2.03 bits per heavy atom. The number of benzene rings is 2. The first-order chi connectivity index (χ1) is 14.1. The third-order valence-electron chi connectivity index (χ3n) is 4.86. The minimum atomic E-state index is -0.557. The first kappa shape index (κ1) is 19.0. The highest BCUT2D eigenvalue weighted by Crippen LogP contribution is 2.31. The number of para-hydroxylation sites is 1. The number of amides is 1. The van der Waals surface area contributed by atoms with Crippen LogP contribution in [0.1, 0.15) is 13.3 Å². The molecule has 1 aliphatic heterocycles. The van der Waals surface area contributed by atoms with Crippen molar-refractivity contribution in [2.24, 2.45) is 0 Å². The van der Waals surface area contributed by atoms with Crippen LogP contribution >= 0.6 is 0 Å². The first-order valence-electron chi connectivity index (χ1n) is 9.59. The molecule has 2 N–H and O–H groups in total. The summed E-state index contributed by atoms with van der Waals surface area (Å²) in [5.41, 5.74) is 1.79. The Morgan fingerprint density at radius 3 is 2.79 bits per heavy atom. The lowest BCUT2D eigenvalue weighted by molar-refractivity contribution is 0.0963. The number of nitrogens with zero attached hydrogens (tertiary/aromatic N) is 1. The molecule has 4 rings (SSSR count). The molecule has 150 valence electrons. The smallest absolute Gasteiger partial charge is 0.414 e. The molecule has 0 unspecified atom stereocenters. The summed E-state index contributed by atoms with van der Waals surface area (Å²) < 4.78 is 10.9. The SMILES string of the molecule is CCCOc1ccccc1-c1cc2ccc(N3C[C@H](CO)OC3=O)cc2c(=O)[nH]1. The molecule has 1 aromatic heterocycles. The van der Waals surface area contributed by atoms with Crippen molar-refractivity contribution in [3.63, 3.8) is 0 Å². The second kappa shape index (κ2) is 7.97. The molecule has 7 nitrogen and oxygen atoms in total. The van der Waals surface area contributed by atoms with Crippen LogP contribution in [0.5, 0.6) is 5.75 Å². The van der Waals surface area contributed by atoms with Gasteiger partial charge in [-0.3, -0.25) is 9.69 Å². The molecule has 1 aliphatic rings. The molecule has 1 amide bonds. The van der Waals surface area contributed by atoms with Gasteiger partial charge in [-0.25, -0.2) is 4.79 Å². The number of nitrogens with one attached hydrogen (secondary N) is 1. The number of carbonyl (C=O) groups excluding carboxylic acids is 1. The summed E-state index contributed by atoms with van der Waals surface area (Å²) in [7, 11) is 0. The van der Waals surface area contributed by atoms with Crippen molar-refractivity contribution in [2.45, 2.75) is 19.4 Å². The van der Waals surface area contributed by atoms with Crippen LogP contribution in [0.4, 0.5) is 10.5 Å². The lowest BCUT2D eigenvalue weighted by atomic mass is 10.1. The van der Waals surface area contributed by atoms with Crippen molar-refractivity contribution in [2.75, 3.05) is 24.7 Å². The highest BCUT2D eigenvalue weighted by atomic mass is 16.6. The minimum Gasteiger partial charge on any atom is -0.493 e. The number of aromatic nitrogens is 1. The number of pyridine rings is 1. The lowest BCUT2D eigenvalue weighted by Gasteiger charge is -2.14. The van der Waals surface area contributed by atoms with E-state index in [1.54, 1.807) is 18.2 Å². The van der Waals surface area contributed by atoms with Gasteiger partial charge in [-0.2, -0.15) is 0 Å². The van der Waals surface area contributed by atoms with Gasteiger partial charge in [0.05, 0.1) is 25.5 Å². The zero-order valence-electron chi connectivity index (χ0n) is 16.1. The van der Waals surface area contributed by atoms with Crippen molar-refractivity contribution < 1.29 is 19.4 Å². The van der Waals surface area contributed by atoms with E-state index in [4.69, 9.17) is 9.47 Å². The van der Waals surface area contributed by atoms with E-state index in [1.165, 1.54) is 4.90 Å². The van der Waals surface area contributed by atoms with Gasteiger partial charge in [-0.15, -0.1) is 0 Å². The number of aromatic amines is 1. The fraction of sp³-hybridized carbons (Fsp3) is 0.273. The Morgan fingerprint density at radius 1 is 1.21 bits per heavy atom. The Bertz CT molecular complexity index is 1110. The Hall–Kier alpha value is -3.32. The van der Waals surface area contributed by atoms with E-state index >= 15 is 0 Å². The van der Waals surface area contributed by atoms with Crippen molar-refractivity contribution in [3.05, 3.63) is 58.9 Å². The number of carbonyl (C=O) groups is 1. The van der Waals surface area contributed by atoms with Gasteiger partial charge in [0.15, 0.2) is 0 Å². The van der Waals surface area contributed by atoms with Gasteiger partial charge in [0, 0.05) is 16.6 Å². The highest BCUT2D eigenvalue weighted by Gasteiger charge is 2.32. The van der Waals surface area contributed by atoms with Gasteiger partial charge in [0.25, 0.3) is 5.56 Å². The molecule has 0 bridgehead atoms. The molecular formula is C22H22N2O5. The van der Waals surface area contributed by atoms with E-state index in [1.807, 2.05) is 37.3 Å². The van der Waals surface area contributed by atoms with Gasteiger partial charge >= 0.3 is 6.09 Å². The fourth-order valence-electron chi connectivity index (χ4n) is 3.42. The van der Waals surface area contributed by atoms with Crippen LogP contribution in [-0.4, -0.2) is 42.0 Å². The van der Waals surface area contributed by atoms with Gasteiger partial charge in [0.2, 0.25) is 0 Å². The summed E-state index contributed by atoms with van der Waals surface area (Å²) in [5, 5.41) is 10.4. The van der Waals surface area contributed by atoms with Crippen LogP contribution < -0.4 is 15.2 Å². The molecule has 0 spiro atoms. The largest absolute Gasteiger partial charge is 0.493 e. The molecule has 0 saturated carbocycles. The summed E-state index contributed by atoms with van der Waals surface area (Å²) in [5.74, 6) is 0.718. The summed E-state index contributed by atoms with van der Waals surface area (Å²) in [6.45, 7) is 2.65. The Kier molecular flexibility index (Phi) is 5.22. The lowest BCUT2D eigenvalue weighted by Crippen LogP contribution is -2.25. The van der Waals surface area contributed by atoms with Crippen LogP contribution in [0.15, 0.2) is 53.3 Å². The minimum absolute atomic E-state index is 0.237. The van der Waals surface area contributed by atoms with E-state index in [0.717, 1.165) is 23.1 Å². The average Bonchev–Trinajstić information content (AvgIpc) is 3.13. The third-order valence-corrected chi connectivity index (χ3v) is 4.86. The Balaban J connectivity index is 1.73. The number of rotatable bonds is 6. The number of hydrogen-bond acceptors (Lipinski definition) is 5. The van der Waals surface area contributed by atoms with Crippen LogP contribution in [0.25, 0.3) is 22.0 Å². The molecule has 1 atom stereocenters. The molecule has 0 radical (unpaired) electrons. The number of cyclic esters (lactones) is 1. The van der Waals surface area contributed by atoms with Crippen LogP contribution in [0.2, 0.25) is 0 Å². The van der Waals surface area contributed by atoms with Crippen LogP contribution in [0.3, 0.4) is 0 Å². The maximum atomic E-state index is 12.8. The monoisotopic (exact) mass is 394 g/mol. The molecule has 1 fully saturated rings. The van der Waals surface area contributed by atoms with Crippen molar-refractivity contribution in [3.8, 4) is 17.0 Å². The maximum Gasteiger partial charge on any atom is 0.414 e. The van der Waals surface area contributed by atoms with Crippen LogP contribution in [-0.2, 0) is 4.74 Å². The summed E-state index contributed by atoms with van der Waals surface area (Å²) >= 11 is 0. The zero-order chi connectivity index (χ0) is 20.4. The number of ether oxygens (including phenoxy) is 2. The first-order valence-corrected chi connectivity index (χ1v) is 9.59. The molecular weight excluding hydrogens is 372 g/mol. The van der Waals surface area contributed by atoms with E-state index in [2.05, 4.69) is 4.98 Å². The molecule has 3 aromatic rings. The average molecular weight is 394 g/mol. The number of H-pyrrole nitrogens is 1. The highest BCUT2D eigenvalue weighted by molar-refractivity contribution is 5.94. The summed E-state index contributed by atoms with van der Waals surface area (Å²) in [6.07, 6.45) is -0.196. The molecule has 0 aliphatic carbocycles. The number of aliphatic hydroxyl groups excluding tert-OH is 1. The topological polar surface area (TPSA) is 91.9 Å². The molecule has 7 heteroatoms. The van der Waals surface area contributed by atoms with Crippen molar-refractivity contribution in [1.29, 1.82) is 0 Å². The number of hydrogen-bond donors (Lipinski definition) is 2. The number of fused-ring (bicyclic) bond motifs is 1. The Labute approximate surface area is 167 Å². The van der Waals surface area contributed by atoms with E-state index < -0.39 is 12.2 Å². The molecule has 2 aromatic carbocycles. The van der Waals surface area contributed by atoms with Gasteiger partial charge in [-0.1, -0.05) is 25.1 Å². The standard InChI is InChI=1S/C22H22N2O5/c1-2-9-28-20-6-4-3-5-17(20)19-10-14-7-8-15(11-18(14)21(26)23-19)24-12-16(13-25)29-22(24)27/h3-8,10-11,16,25H,2,9,12-13H2,1H3,(H,23,26)/t16-/m1/s1. The van der Waals surface area contributed by atoms with E-state index in [0.29, 0.717) is 23.4 Å². The summed E-state index contributed by atoms with van der Waals surface area (Å²) in [4.78, 5) is 29.2. The van der Waals surface area contributed by atoms with Gasteiger partial charge < -0.3 is 19.6 Å². The van der Waals surface area contributed by atoms with Crippen LogP contribution in [0, 0.1) is 0 Å².